The average Bonchev–Trinajstić information content (AvgIpc) is 3.14. The van der Waals surface area contributed by atoms with Gasteiger partial charge in [0.1, 0.15) is 12.4 Å². The maximum Gasteiger partial charge on any atom is 0.408 e. The number of halogens is 2. The highest BCUT2D eigenvalue weighted by Gasteiger charge is 2.25. The van der Waals surface area contributed by atoms with Crippen LogP contribution in [0, 0.1) is 22.9 Å². The van der Waals surface area contributed by atoms with Crippen LogP contribution in [-0.4, -0.2) is 30.4 Å². The van der Waals surface area contributed by atoms with Gasteiger partial charge in [0, 0.05) is 6.20 Å². The lowest BCUT2D eigenvalue weighted by atomic mass is 10.2. The van der Waals surface area contributed by atoms with Crippen LogP contribution >= 0.6 is 11.6 Å². The van der Waals surface area contributed by atoms with Crippen molar-refractivity contribution in [1.29, 1.82) is 0 Å². The lowest BCUT2D eigenvalue weighted by molar-refractivity contribution is -0.389. The van der Waals surface area contributed by atoms with Crippen molar-refractivity contribution in [3.8, 4) is 0 Å². The normalized spacial score (nSPS) is 10.8. The molecule has 0 aliphatic heterocycles. The van der Waals surface area contributed by atoms with Crippen LogP contribution < -0.4 is 5.32 Å². The predicted molar refractivity (Wildman–Crippen MR) is 95.0 cm³/mol. The number of carbonyl (C=O) groups is 1. The summed E-state index contributed by atoms with van der Waals surface area (Å²) >= 11 is 5.85. The fraction of sp³-hybridized carbons (Fsp3) is 0.188. The van der Waals surface area contributed by atoms with Gasteiger partial charge in [0.15, 0.2) is 5.02 Å². The van der Waals surface area contributed by atoms with Gasteiger partial charge in [-0.2, -0.15) is 9.78 Å². The van der Waals surface area contributed by atoms with Gasteiger partial charge in [-0.15, -0.1) is 0 Å². The molecule has 3 rings (SSSR count). The average molecular weight is 393 g/mol. The molecule has 0 unspecified atom stereocenters. The summed E-state index contributed by atoms with van der Waals surface area (Å²) in [6, 6.07) is 6.12. The van der Waals surface area contributed by atoms with Gasteiger partial charge in [0.25, 0.3) is 0 Å². The van der Waals surface area contributed by atoms with Gasteiger partial charge < -0.3 is 15.4 Å². The van der Waals surface area contributed by atoms with Crippen molar-refractivity contribution in [3.63, 3.8) is 0 Å². The molecule has 0 saturated carbocycles. The van der Waals surface area contributed by atoms with Crippen LogP contribution in [0.4, 0.5) is 15.9 Å². The van der Waals surface area contributed by atoms with Gasteiger partial charge >= 0.3 is 5.82 Å². The van der Waals surface area contributed by atoms with Crippen LogP contribution in [0.25, 0.3) is 0 Å². The summed E-state index contributed by atoms with van der Waals surface area (Å²) in [7, 11) is 0. The fourth-order valence-electron chi connectivity index (χ4n) is 2.45. The molecule has 0 radical (unpaired) electrons. The third-order valence-corrected chi connectivity index (χ3v) is 4.18. The van der Waals surface area contributed by atoms with Crippen molar-refractivity contribution in [3.05, 3.63) is 68.9 Å². The second kappa shape index (κ2) is 7.54. The molecule has 2 aromatic heterocycles. The summed E-state index contributed by atoms with van der Waals surface area (Å²) in [6.07, 6.45) is 3.04. The molecule has 0 spiro atoms. The topological polar surface area (TPSA) is 108 Å². The van der Waals surface area contributed by atoms with Crippen molar-refractivity contribution >= 4 is 29.0 Å². The number of amides is 1. The minimum Gasteiger partial charge on any atom is -0.358 e. The van der Waals surface area contributed by atoms with Crippen molar-refractivity contribution in [1.82, 2.24) is 19.6 Å². The van der Waals surface area contributed by atoms with E-state index >= 15 is 0 Å². The molecule has 0 bridgehead atoms. The van der Waals surface area contributed by atoms with E-state index in [-0.39, 0.29) is 17.4 Å². The Labute approximate surface area is 157 Å². The number of aromatic nitrogens is 4. The van der Waals surface area contributed by atoms with Crippen molar-refractivity contribution < 1.29 is 14.1 Å². The number of anilines is 1. The molecule has 0 atom stereocenters. The molecule has 1 aromatic carbocycles. The molecule has 140 valence electrons. The first kappa shape index (κ1) is 18.5. The molecule has 0 aliphatic carbocycles. The van der Waals surface area contributed by atoms with E-state index in [0.29, 0.717) is 17.9 Å². The molecule has 0 saturated heterocycles. The number of rotatable bonds is 6. The van der Waals surface area contributed by atoms with Crippen LogP contribution in [0.15, 0.2) is 36.7 Å². The van der Waals surface area contributed by atoms with Crippen LogP contribution in [0.1, 0.15) is 11.3 Å². The van der Waals surface area contributed by atoms with Crippen LogP contribution in [-0.2, 0) is 17.9 Å². The van der Waals surface area contributed by atoms with E-state index in [4.69, 9.17) is 11.6 Å². The molecule has 3 aromatic rings. The van der Waals surface area contributed by atoms with Crippen LogP contribution in [0.5, 0.6) is 0 Å². The Morgan fingerprint density at radius 3 is 2.89 bits per heavy atom. The van der Waals surface area contributed by atoms with Crippen molar-refractivity contribution in [2.45, 2.75) is 20.0 Å². The Morgan fingerprint density at radius 1 is 1.44 bits per heavy atom. The maximum absolute atomic E-state index is 13.2. The highest BCUT2D eigenvalue weighted by molar-refractivity contribution is 6.33. The van der Waals surface area contributed by atoms with Crippen molar-refractivity contribution in [2.24, 2.45) is 0 Å². The van der Waals surface area contributed by atoms with E-state index in [1.165, 1.54) is 25.3 Å². The molecule has 11 heteroatoms. The standard InChI is InChI=1S/C16H14ClFN6O3/c1-10-15(17)16(24(26)27)21-23(10)9-14(25)20-13-6-19-22(8-13)7-11-3-2-4-12(18)5-11/h2-6,8H,7,9H2,1H3,(H,20,25). The number of nitrogens with one attached hydrogen (secondary N) is 1. The van der Waals surface area contributed by atoms with Gasteiger partial charge in [-0.05, 0) is 29.5 Å². The molecule has 1 amide bonds. The predicted octanol–water partition coefficient (Wildman–Crippen LogP) is 2.78. The minimum absolute atomic E-state index is 0.101. The van der Waals surface area contributed by atoms with Gasteiger partial charge in [-0.25, -0.2) is 4.39 Å². The van der Waals surface area contributed by atoms with Crippen LogP contribution in [0.2, 0.25) is 5.02 Å². The molecule has 2 heterocycles. The molecule has 0 fully saturated rings. The van der Waals surface area contributed by atoms with Gasteiger partial charge in [0.2, 0.25) is 5.91 Å². The molecule has 1 N–H and O–H groups in total. The number of hydrogen-bond donors (Lipinski definition) is 1. The highest BCUT2D eigenvalue weighted by atomic mass is 35.5. The SMILES string of the molecule is Cc1c(Cl)c([N+](=O)[O-])nn1CC(=O)Nc1cnn(Cc2cccc(F)c2)c1. The summed E-state index contributed by atoms with van der Waals surface area (Å²) in [6.45, 7) is 1.63. The minimum atomic E-state index is -0.708. The summed E-state index contributed by atoms with van der Waals surface area (Å²) in [5.41, 5.74) is 1.48. The Bertz CT molecular complexity index is 1020. The van der Waals surface area contributed by atoms with Gasteiger partial charge in [-0.3, -0.25) is 9.48 Å². The molecular formula is C16H14ClFN6O3. The zero-order valence-electron chi connectivity index (χ0n) is 14.1. The Kier molecular flexibility index (Phi) is 5.17. The Balaban J connectivity index is 1.64. The number of nitro groups is 1. The molecule has 0 aliphatic rings. The Morgan fingerprint density at radius 2 is 2.22 bits per heavy atom. The fourth-order valence-corrected chi connectivity index (χ4v) is 2.66. The molecule has 27 heavy (non-hydrogen) atoms. The summed E-state index contributed by atoms with van der Waals surface area (Å²) in [5, 5.41) is 21.2. The second-order valence-electron chi connectivity index (χ2n) is 5.74. The maximum atomic E-state index is 13.2. The third-order valence-electron chi connectivity index (χ3n) is 3.73. The first-order valence-corrected chi connectivity index (χ1v) is 8.15. The first-order chi connectivity index (χ1) is 12.8. The van der Waals surface area contributed by atoms with E-state index in [1.807, 2.05) is 0 Å². The second-order valence-corrected chi connectivity index (χ2v) is 6.12. The van der Waals surface area contributed by atoms with Crippen molar-refractivity contribution in [2.75, 3.05) is 5.32 Å². The van der Waals surface area contributed by atoms with Crippen LogP contribution in [0.3, 0.4) is 0 Å². The van der Waals surface area contributed by atoms with E-state index in [0.717, 1.165) is 10.2 Å². The Hall–Kier alpha value is -3.27. The summed E-state index contributed by atoms with van der Waals surface area (Å²) in [5.74, 6) is -1.28. The molecular weight excluding hydrogens is 379 g/mol. The quantitative estimate of drug-likeness (QED) is 0.512. The summed E-state index contributed by atoms with van der Waals surface area (Å²) < 4.78 is 15.9. The molecule has 9 nitrogen and oxygen atoms in total. The number of hydrogen-bond acceptors (Lipinski definition) is 5. The summed E-state index contributed by atoms with van der Waals surface area (Å²) in [4.78, 5) is 22.3. The van der Waals surface area contributed by atoms with E-state index < -0.39 is 16.6 Å². The zero-order chi connectivity index (χ0) is 19.6. The smallest absolute Gasteiger partial charge is 0.358 e. The highest BCUT2D eigenvalue weighted by Crippen LogP contribution is 2.26. The lowest BCUT2D eigenvalue weighted by Gasteiger charge is -2.03. The largest absolute Gasteiger partial charge is 0.408 e. The lowest BCUT2D eigenvalue weighted by Crippen LogP contribution is -2.20. The number of benzene rings is 1. The zero-order valence-corrected chi connectivity index (χ0v) is 14.9. The van der Waals surface area contributed by atoms with Gasteiger partial charge in [0.05, 0.1) is 29.2 Å². The van der Waals surface area contributed by atoms with E-state index in [2.05, 4.69) is 15.5 Å². The first-order valence-electron chi connectivity index (χ1n) is 7.77. The van der Waals surface area contributed by atoms with E-state index in [1.54, 1.807) is 23.0 Å². The third kappa shape index (κ3) is 4.29. The van der Waals surface area contributed by atoms with E-state index in [9.17, 15) is 19.3 Å². The number of nitrogens with zero attached hydrogens (tertiary/aromatic N) is 5. The number of carbonyl (C=O) groups excluding carboxylic acids is 1. The van der Waals surface area contributed by atoms with Gasteiger partial charge in [-0.1, -0.05) is 23.7 Å². The monoisotopic (exact) mass is 392 g/mol.